The Morgan fingerprint density at radius 3 is 1.35 bits per heavy atom. The van der Waals surface area contributed by atoms with Gasteiger partial charge in [0.2, 0.25) is 0 Å². The van der Waals surface area contributed by atoms with Crippen LogP contribution in [-0.4, -0.2) is 60.5 Å². The molecule has 2 atom stereocenters. The van der Waals surface area contributed by atoms with Crippen LogP contribution in [0.4, 0.5) is 0 Å². The van der Waals surface area contributed by atoms with E-state index in [0.29, 0.717) is 32.5 Å². The third-order valence-electron chi connectivity index (χ3n) is 11.2. The smallest absolute Gasteiger partial charge is 0.330 e. The predicted molar refractivity (Wildman–Crippen MR) is 284 cm³/mol. The maximum atomic E-state index is 12.8. The molecule has 7 rings (SSSR count). The first-order valence-corrected chi connectivity index (χ1v) is 25.7. The van der Waals surface area contributed by atoms with Crippen molar-refractivity contribution in [1.29, 1.82) is 0 Å². The molecule has 7 aromatic rings. The number of nitrogens with zero attached hydrogens (tertiary/aromatic N) is 4. The van der Waals surface area contributed by atoms with Crippen molar-refractivity contribution in [3.05, 3.63) is 157 Å². The Morgan fingerprint density at radius 1 is 0.549 bits per heavy atom. The van der Waals surface area contributed by atoms with E-state index in [1.54, 1.807) is 85.5 Å². The van der Waals surface area contributed by atoms with Crippen LogP contribution in [0.2, 0.25) is 0 Å². The molecule has 0 spiro atoms. The summed E-state index contributed by atoms with van der Waals surface area (Å²) >= 11 is 6.04. The van der Waals surface area contributed by atoms with Crippen LogP contribution >= 0.6 is 38.6 Å². The summed E-state index contributed by atoms with van der Waals surface area (Å²) in [5.41, 5.74) is 4.16. The van der Waals surface area contributed by atoms with Gasteiger partial charge in [-0.2, -0.15) is 0 Å². The normalized spacial score (nSPS) is 12.2. The van der Waals surface area contributed by atoms with Crippen molar-refractivity contribution in [1.82, 2.24) is 30.6 Å². The molecule has 0 fully saturated rings. The van der Waals surface area contributed by atoms with Crippen LogP contribution in [0.3, 0.4) is 0 Å². The summed E-state index contributed by atoms with van der Waals surface area (Å²) < 4.78 is 6.63. The highest BCUT2D eigenvalue weighted by Crippen LogP contribution is 2.32. The molecule has 0 saturated carbocycles. The second-order valence-corrected chi connectivity index (χ2v) is 22.0. The van der Waals surface area contributed by atoms with Crippen molar-refractivity contribution in [2.75, 3.05) is 6.61 Å². The van der Waals surface area contributed by atoms with Gasteiger partial charge in [0.05, 0.1) is 20.8 Å². The van der Waals surface area contributed by atoms with Gasteiger partial charge in [0.15, 0.2) is 23.7 Å². The molecule has 0 saturated heterocycles. The first-order valence-electron chi connectivity index (χ1n) is 23.3. The van der Waals surface area contributed by atoms with Crippen molar-refractivity contribution in [2.45, 2.75) is 103 Å². The van der Waals surface area contributed by atoms with Crippen LogP contribution in [0.15, 0.2) is 126 Å². The third kappa shape index (κ3) is 15.2. The summed E-state index contributed by atoms with van der Waals surface area (Å²) in [6.07, 6.45) is 12.9. The number of rotatable bonds is 18. The fourth-order valence-electron chi connectivity index (χ4n) is 7.08. The molecule has 4 N–H and O–H groups in total. The summed E-state index contributed by atoms with van der Waals surface area (Å²) in [5, 5.41) is 24.7. The summed E-state index contributed by atoms with van der Waals surface area (Å²) in [7, 11) is 0. The van der Waals surface area contributed by atoms with Gasteiger partial charge in [-0.1, -0.05) is 135 Å². The molecule has 71 heavy (non-hydrogen) atoms. The number of halogens is 1. The zero-order chi connectivity index (χ0) is 51.3. The lowest BCUT2D eigenvalue weighted by molar-refractivity contribution is -0.140. The SMILES string of the molecule is CC(C)(C)c1ccc(C(=O)NC(C(=O)O)c2ccc(-c3ncc(Br)cn3)cc2)s1.CCCCCCCOc1ccc(-c2cnc(-c3ccc(C(NC(=O)c4ccc(C(C)(C)C)s4)C(=O)O)cc3)nc2)cc1. The second kappa shape index (κ2) is 24.5. The summed E-state index contributed by atoms with van der Waals surface area (Å²) in [4.78, 5) is 69.8. The van der Waals surface area contributed by atoms with E-state index >= 15 is 0 Å². The first-order chi connectivity index (χ1) is 33.8. The molecule has 4 heterocycles. The molecule has 16 heteroatoms. The Morgan fingerprint density at radius 2 is 0.958 bits per heavy atom. The van der Waals surface area contributed by atoms with E-state index in [4.69, 9.17) is 4.74 Å². The van der Waals surface area contributed by atoms with E-state index in [-0.39, 0.29) is 10.8 Å². The minimum atomic E-state index is -1.18. The minimum Gasteiger partial charge on any atom is -0.494 e. The molecule has 0 aliphatic rings. The molecule has 0 radical (unpaired) electrons. The predicted octanol–water partition coefficient (Wildman–Crippen LogP) is 12.9. The highest BCUT2D eigenvalue weighted by Gasteiger charge is 2.27. The molecule has 3 aromatic carbocycles. The number of aliphatic carboxylic acids is 2. The van der Waals surface area contributed by atoms with Gasteiger partial charge in [-0.25, -0.2) is 29.5 Å². The lowest BCUT2D eigenvalue weighted by atomic mass is 9.95. The lowest BCUT2D eigenvalue weighted by Crippen LogP contribution is -2.33. The Labute approximate surface area is 431 Å². The van der Waals surface area contributed by atoms with Crippen LogP contribution in [0, 0.1) is 0 Å². The maximum absolute atomic E-state index is 12.8. The van der Waals surface area contributed by atoms with Crippen molar-refractivity contribution in [3.8, 4) is 39.7 Å². The number of carbonyl (C=O) groups excluding carboxylic acids is 2. The van der Waals surface area contributed by atoms with Gasteiger partial charge in [-0.15, -0.1) is 22.7 Å². The summed E-state index contributed by atoms with van der Waals surface area (Å²) in [6, 6.07) is 26.6. The summed E-state index contributed by atoms with van der Waals surface area (Å²) in [5.74, 6) is -1.16. The number of aromatic nitrogens is 4. The van der Waals surface area contributed by atoms with Crippen LogP contribution in [0.25, 0.3) is 33.9 Å². The monoisotopic (exact) mass is 1060 g/mol. The summed E-state index contributed by atoms with van der Waals surface area (Å²) in [6.45, 7) is 15.4. The van der Waals surface area contributed by atoms with Crippen LogP contribution in [0.1, 0.15) is 133 Å². The molecule has 0 aliphatic heterocycles. The van der Waals surface area contributed by atoms with E-state index in [1.807, 2.05) is 36.4 Å². The van der Waals surface area contributed by atoms with E-state index in [0.717, 1.165) is 55.3 Å². The molecule has 370 valence electrons. The van der Waals surface area contributed by atoms with Gasteiger partial charge in [0, 0.05) is 51.2 Å². The Balaban J connectivity index is 0.000000249. The number of ether oxygens (including phenoxy) is 1. The first kappa shape index (κ1) is 53.7. The number of carboxylic acid groups (broad SMARTS) is 2. The highest BCUT2D eigenvalue weighted by atomic mass is 79.9. The molecule has 4 aromatic heterocycles. The lowest BCUT2D eigenvalue weighted by Gasteiger charge is -2.16. The Bertz CT molecular complexity index is 2870. The van der Waals surface area contributed by atoms with Gasteiger partial charge in [0.1, 0.15) is 5.75 Å². The number of benzene rings is 3. The molecular weight excluding hydrogens is 1000 g/mol. The molecule has 0 bridgehead atoms. The second-order valence-electron chi connectivity index (χ2n) is 18.9. The number of carbonyl (C=O) groups is 4. The fraction of sp³-hybridized carbons (Fsp3) is 0.309. The quantitative estimate of drug-likeness (QED) is 0.0598. The zero-order valence-corrected chi connectivity index (χ0v) is 44.1. The van der Waals surface area contributed by atoms with Gasteiger partial charge in [-0.3, -0.25) is 9.59 Å². The number of hydrogen-bond donors (Lipinski definition) is 4. The van der Waals surface area contributed by atoms with E-state index in [9.17, 15) is 29.4 Å². The number of amides is 2. The average molecular weight is 1060 g/mol. The molecule has 2 unspecified atom stereocenters. The standard InChI is InChI=1S/C34H39N3O4S.C21H20BrN3O3S/c1-5-6-7-8-9-20-41-27-16-14-23(15-17-27)26-21-35-31(36-22-26)25-12-10-24(11-13-25)30(33(39)40)37-32(38)28-18-19-29(42-28)34(2,3)4;1-21(2,3)16-9-8-15(29-16)19(26)25-17(20(27)28)12-4-6-13(7-5-12)18-23-10-14(22)11-24-18/h10-19,21-22,30H,5-9,20H2,1-4H3,(H,37,38)(H,39,40);4-11,17H,1-3H3,(H,25,26)(H,27,28). The zero-order valence-electron chi connectivity index (χ0n) is 40.9. The largest absolute Gasteiger partial charge is 0.494 e. The number of carboxylic acids is 2. The van der Waals surface area contributed by atoms with Crippen molar-refractivity contribution >= 4 is 62.4 Å². The Hall–Kier alpha value is -6.62. The number of hydrogen-bond acceptors (Lipinski definition) is 11. The van der Waals surface area contributed by atoms with Crippen LogP contribution < -0.4 is 15.4 Å². The molecule has 0 aliphatic carbocycles. The molecule has 2 amide bonds. The van der Waals surface area contributed by atoms with Crippen molar-refractivity contribution < 1.29 is 34.1 Å². The van der Waals surface area contributed by atoms with Crippen molar-refractivity contribution in [3.63, 3.8) is 0 Å². The fourth-order valence-corrected chi connectivity index (χ4v) is 9.22. The van der Waals surface area contributed by atoms with Crippen LogP contribution in [-0.2, 0) is 20.4 Å². The number of unbranched alkanes of at least 4 members (excludes halogenated alkanes) is 4. The third-order valence-corrected chi connectivity index (χ3v) is 14.6. The van der Waals surface area contributed by atoms with Crippen molar-refractivity contribution in [2.24, 2.45) is 0 Å². The van der Waals surface area contributed by atoms with Gasteiger partial charge >= 0.3 is 11.9 Å². The molecule has 13 nitrogen and oxygen atoms in total. The van der Waals surface area contributed by atoms with E-state index in [2.05, 4.69) is 95.0 Å². The van der Waals surface area contributed by atoms with E-state index in [1.165, 1.54) is 48.4 Å². The highest BCUT2D eigenvalue weighted by molar-refractivity contribution is 9.10. The van der Waals surface area contributed by atoms with E-state index < -0.39 is 35.8 Å². The number of thiophene rings is 2. The van der Waals surface area contributed by atoms with Gasteiger partial charge < -0.3 is 25.6 Å². The topological polar surface area (TPSA) is 194 Å². The minimum absolute atomic E-state index is 0.0691. The van der Waals surface area contributed by atoms with Gasteiger partial charge in [0.25, 0.3) is 11.8 Å². The Kier molecular flexibility index (Phi) is 18.5. The maximum Gasteiger partial charge on any atom is 0.330 e. The average Bonchev–Trinajstić information content (AvgIpc) is 4.07. The molecular formula is C55H59BrN6O7S2. The van der Waals surface area contributed by atoms with Crippen LogP contribution in [0.5, 0.6) is 5.75 Å². The van der Waals surface area contributed by atoms with Gasteiger partial charge in [-0.05, 0) is 86.3 Å². The number of nitrogens with one attached hydrogen (secondary N) is 2.